The third-order valence-electron chi connectivity index (χ3n) is 1.56. The number of hydrogen-bond donors (Lipinski definition) is 1. The van der Waals surface area contributed by atoms with Gasteiger partial charge in [0.2, 0.25) is 0 Å². The molecule has 1 aromatic rings. The molecular weight excluding hydrogens is 210 g/mol. The lowest BCUT2D eigenvalue weighted by Crippen LogP contribution is -2.14. The lowest BCUT2D eigenvalue weighted by atomic mass is 10.2. The van der Waals surface area contributed by atoms with Crippen LogP contribution in [0.25, 0.3) is 0 Å². The molecule has 80 valence electrons. The lowest BCUT2D eigenvalue weighted by Gasteiger charge is -2.03. The molecule has 1 amide bonds. The van der Waals surface area contributed by atoms with Gasteiger partial charge in [-0.05, 0) is 6.07 Å². The highest BCUT2D eigenvalue weighted by Gasteiger charge is 2.12. The molecule has 1 rings (SSSR count). The molecule has 0 aliphatic carbocycles. The van der Waals surface area contributed by atoms with Gasteiger partial charge in [-0.3, -0.25) is 14.9 Å². The largest absolute Gasteiger partial charge is 0.321 e. The van der Waals surface area contributed by atoms with E-state index in [1.807, 2.05) is 5.32 Å². The second-order valence-electron chi connectivity index (χ2n) is 2.60. The Kier molecular flexibility index (Phi) is 3.27. The van der Waals surface area contributed by atoms with Crippen LogP contribution in [0.1, 0.15) is 0 Å². The highest BCUT2D eigenvalue weighted by Crippen LogP contribution is 2.20. The molecule has 15 heavy (non-hydrogen) atoms. The highest BCUT2D eigenvalue weighted by atomic mass is 19.1. The van der Waals surface area contributed by atoms with Gasteiger partial charge in [-0.2, -0.15) is 0 Å². The SMILES string of the molecule is O=C(CF)Nc1cc([N+](=O)[O-])ccc1F. The third kappa shape index (κ3) is 2.70. The fourth-order valence-corrected chi connectivity index (χ4v) is 0.906. The van der Waals surface area contributed by atoms with Crippen LogP contribution in [0.2, 0.25) is 0 Å². The number of anilines is 1. The van der Waals surface area contributed by atoms with Gasteiger partial charge in [0.1, 0.15) is 5.82 Å². The molecule has 0 spiro atoms. The van der Waals surface area contributed by atoms with E-state index < -0.39 is 29.0 Å². The minimum absolute atomic E-state index is 0.384. The molecule has 0 unspecified atom stereocenters. The van der Waals surface area contributed by atoms with Crippen molar-refractivity contribution in [3.8, 4) is 0 Å². The number of rotatable bonds is 3. The Labute approximate surface area is 82.9 Å². The molecule has 1 aromatic carbocycles. The number of nitro groups is 1. The van der Waals surface area contributed by atoms with Gasteiger partial charge in [0.05, 0.1) is 10.6 Å². The van der Waals surface area contributed by atoms with Gasteiger partial charge in [-0.25, -0.2) is 8.78 Å². The number of halogens is 2. The number of non-ortho nitro benzene ring substituents is 1. The fourth-order valence-electron chi connectivity index (χ4n) is 0.906. The third-order valence-corrected chi connectivity index (χ3v) is 1.56. The number of alkyl halides is 1. The predicted molar refractivity (Wildman–Crippen MR) is 47.7 cm³/mol. The molecule has 0 saturated carbocycles. The maximum atomic E-state index is 13.0. The lowest BCUT2D eigenvalue weighted by molar-refractivity contribution is -0.384. The molecule has 0 aromatic heterocycles. The second kappa shape index (κ2) is 4.45. The Balaban J connectivity index is 3.00. The first-order valence-electron chi connectivity index (χ1n) is 3.84. The number of carbonyl (C=O) groups excluding carboxylic acids is 1. The van der Waals surface area contributed by atoms with Crippen molar-refractivity contribution in [2.45, 2.75) is 0 Å². The Morgan fingerprint density at radius 1 is 1.53 bits per heavy atom. The minimum Gasteiger partial charge on any atom is -0.321 e. The number of hydrogen-bond acceptors (Lipinski definition) is 3. The molecule has 0 saturated heterocycles. The maximum Gasteiger partial charge on any atom is 0.271 e. The fraction of sp³-hybridized carbons (Fsp3) is 0.125. The molecule has 0 aliphatic rings. The van der Waals surface area contributed by atoms with Crippen molar-refractivity contribution in [2.75, 3.05) is 12.0 Å². The molecule has 0 aliphatic heterocycles. The Hall–Kier alpha value is -2.05. The summed E-state index contributed by atoms with van der Waals surface area (Å²) in [7, 11) is 0. The topological polar surface area (TPSA) is 72.2 Å². The summed E-state index contributed by atoms with van der Waals surface area (Å²) in [5, 5.41) is 12.2. The van der Waals surface area contributed by atoms with E-state index >= 15 is 0 Å². The minimum atomic E-state index is -1.32. The summed E-state index contributed by atoms with van der Waals surface area (Å²) in [5.41, 5.74) is -0.794. The zero-order valence-corrected chi connectivity index (χ0v) is 7.37. The maximum absolute atomic E-state index is 13.0. The van der Waals surface area contributed by atoms with Crippen LogP contribution in [-0.2, 0) is 4.79 Å². The van der Waals surface area contributed by atoms with Crippen LogP contribution in [0.15, 0.2) is 18.2 Å². The summed E-state index contributed by atoms with van der Waals surface area (Å²) in [6.45, 7) is -1.32. The second-order valence-corrected chi connectivity index (χ2v) is 2.60. The van der Waals surface area contributed by atoms with Gasteiger partial charge in [0.15, 0.2) is 6.67 Å². The predicted octanol–water partition coefficient (Wildman–Crippen LogP) is 1.64. The Morgan fingerprint density at radius 3 is 2.73 bits per heavy atom. The van der Waals surface area contributed by atoms with Crippen molar-refractivity contribution in [1.82, 2.24) is 0 Å². The van der Waals surface area contributed by atoms with Gasteiger partial charge < -0.3 is 5.32 Å². The number of amides is 1. The van der Waals surface area contributed by atoms with Crippen LogP contribution >= 0.6 is 0 Å². The van der Waals surface area contributed by atoms with Crippen molar-refractivity contribution >= 4 is 17.3 Å². The van der Waals surface area contributed by atoms with Crippen LogP contribution in [0, 0.1) is 15.9 Å². The van der Waals surface area contributed by atoms with E-state index in [-0.39, 0.29) is 5.69 Å². The monoisotopic (exact) mass is 216 g/mol. The molecule has 1 N–H and O–H groups in total. The molecule has 0 fully saturated rings. The summed E-state index contributed by atoms with van der Waals surface area (Å²) in [6.07, 6.45) is 0. The van der Waals surface area contributed by atoms with Crippen molar-refractivity contribution in [1.29, 1.82) is 0 Å². The molecule has 0 bridgehead atoms. The average Bonchev–Trinajstić information content (AvgIpc) is 2.20. The first kappa shape index (κ1) is 11.0. The van der Waals surface area contributed by atoms with Gasteiger partial charge in [0, 0.05) is 12.1 Å². The Morgan fingerprint density at radius 2 is 2.20 bits per heavy atom. The smallest absolute Gasteiger partial charge is 0.271 e. The van der Waals surface area contributed by atoms with E-state index in [2.05, 4.69) is 0 Å². The van der Waals surface area contributed by atoms with Crippen LogP contribution in [-0.4, -0.2) is 17.5 Å². The van der Waals surface area contributed by atoms with E-state index in [1.165, 1.54) is 0 Å². The molecule has 7 heteroatoms. The van der Waals surface area contributed by atoms with Crippen molar-refractivity contribution < 1.29 is 18.5 Å². The number of nitrogens with zero attached hydrogens (tertiary/aromatic N) is 1. The van der Waals surface area contributed by atoms with E-state index in [4.69, 9.17) is 0 Å². The zero-order chi connectivity index (χ0) is 11.4. The van der Waals surface area contributed by atoms with Crippen molar-refractivity contribution in [3.63, 3.8) is 0 Å². The van der Waals surface area contributed by atoms with Crippen LogP contribution < -0.4 is 5.32 Å². The molecule has 0 atom stereocenters. The summed E-state index contributed by atoms with van der Waals surface area (Å²) >= 11 is 0. The standard InChI is InChI=1S/C8H6F2N2O3/c9-4-8(13)11-7-3-5(12(14)15)1-2-6(7)10/h1-3H,4H2,(H,11,13). The molecular formula is C8H6F2N2O3. The normalized spacial score (nSPS) is 9.73. The van der Waals surface area contributed by atoms with E-state index in [0.717, 1.165) is 18.2 Å². The van der Waals surface area contributed by atoms with Gasteiger partial charge in [-0.15, -0.1) is 0 Å². The highest BCUT2D eigenvalue weighted by molar-refractivity contribution is 5.92. The number of benzene rings is 1. The van der Waals surface area contributed by atoms with Crippen LogP contribution in [0.4, 0.5) is 20.2 Å². The van der Waals surface area contributed by atoms with E-state index in [0.29, 0.717) is 0 Å². The number of nitrogens with one attached hydrogen (secondary N) is 1. The zero-order valence-electron chi connectivity index (χ0n) is 7.37. The number of nitro benzene ring substituents is 1. The molecule has 0 heterocycles. The van der Waals surface area contributed by atoms with Crippen LogP contribution in [0.5, 0.6) is 0 Å². The average molecular weight is 216 g/mol. The van der Waals surface area contributed by atoms with E-state index in [9.17, 15) is 23.7 Å². The summed E-state index contributed by atoms with van der Waals surface area (Å²) < 4.78 is 24.8. The molecule has 5 nitrogen and oxygen atoms in total. The van der Waals surface area contributed by atoms with E-state index in [1.54, 1.807) is 0 Å². The van der Waals surface area contributed by atoms with Gasteiger partial charge >= 0.3 is 0 Å². The van der Waals surface area contributed by atoms with Crippen molar-refractivity contribution in [3.05, 3.63) is 34.1 Å². The molecule has 0 radical (unpaired) electrons. The first-order valence-corrected chi connectivity index (χ1v) is 3.84. The number of carbonyl (C=O) groups is 1. The summed E-state index contributed by atoms with van der Waals surface area (Å²) in [5.74, 6) is -1.92. The first-order chi connectivity index (χ1) is 7.04. The van der Waals surface area contributed by atoms with Gasteiger partial charge in [-0.1, -0.05) is 0 Å². The summed E-state index contributed by atoms with van der Waals surface area (Å²) in [6, 6.07) is 2.59. The Bertz CT molecular complexity index is 409. The van der Waals surface area contributed by atoms with Gasteiger partial charge in [0.25, 0.3) is 11.6 Å². The quantitative estimate of drug-likeness (QED) is 0.616. The van der Waals surface area contributed by atoms with Crippen LogP contribution in [0.3, 0.4) is 0 Å². The van der Waals surface area contributed by atoms with Crippen molar-refractivity contribution in [2.24, 2.45) is 0 Å². The summed E-state index contributed by atoms with van der Waals surface area (Å²) in [4.78, 5) is 20.2.